The van der Waals surface area contributed by atoms with E-state index in [-0.39, 0.29) is 5.91 Å². The maximum absolute atomic E-state index is 11.2. The summed E-state index contributed by atoms with van der Waals surface area (Å²) in [6.07, 6.45) is 9.21. The van der Waals surface area contributed by atoms with Crippen LogP contribution in [0, 0.1) is 12.8 Å². The maximum Gasteiger partial charge on any atom is 0.248 e. The Morgan fingerprint density at radius 1 is 1.29 bits per heavy atom. The van der Waals surface area contributed by atoms with E-state index in [9.17, 15) is 4.79 Å². The summed E-state index contributed by atoms with van der Waals surface area (Å²) in [6, 6.07) is 6.24. The van der Waals surface area contributed by atoms with Crippen molar-refractivity contribution >= 4 is 11.6 Å². The summed E-state index contributed by atoms with van der Waals surface area (Å²) >= 11 is 0. The summed E-state index contributed by atoms with van der Waals surface area (Å²) in [6.45, 7) is 4.32. The lowest BCUT2D eigenvalue weighted by Crippen LogP contribution is -2.19. The Morgan fingerprint density at radius 2 is 2.10 bits per heavy atom. The van der Waals surface area contributed by atoms with Crippen LogP contribution in [0.3, 0.4) is 0 Å². The molecule has 3 N–H and O–H groups in total. The summed E-state index contributed by atoms with van der Waals surface area (Å²) in [5.41, 5.74) is 8.14. The molecule has 0 heterocycles. The molecule has 0 aliphatic heterocycles. The number of carbonyl (C=O) groups is 1. The first-order chi connectivity index (χ1) is 10.1. The normalized spacial score (nSPS) is 22.6. The fourth-order valence-electron chi connectivity index (χ4n) is 3.42. The fourth-order valence-corrected chi connectivity index (χ4v) is 3.42. The molecule has 2 rings (SSSR count). The highest BCUT2D eigenvalue weighted by Gasteiger charge is 2.18. The van der Waals surface area contributed by atoms with Gasteiger partial charge < -0.3 is 11.1 Å². The zero-order valence-electron chi connectivity index (χ0n) is 13.3. The van der Waals surface area contributed by atoms with Crippen LogP contribution in [0.2, 0.25) is 0 Å². The number of amides is 1. The summed E-state index contributed by atoms with van der Waals surface area (Å²) in [5.74, 6) is 0.557. The molecule has 1 fully saturated rings. The Morgan fingerprint density at radius 3 is 2.76 bits per heavy atom. The highest BCUT2D eigenvalue weighted by Crippen LogP contribution is 2.29. The van der Waals surface area contributed by atoms with Crippen molar-refractivity contribution < 1.29 is 4.79 Å². The molecule has 0 saturated heterocycles. The van der Waals surface area contributed by atoms with Crippen molar-refractivity contribution in [1.82, 2.24) is 0 Å². The fraction of sp³-hybridized carbons (Fsp3) is 0.611. The second-order valence-electron chi connectivity index (χ2n) is 6.40. The van der Waals surface area contributed by atoms with E-state index in [1.165, 1.54) is 44.9 Å². The van der Waals surface area contributed by atoms with Gasteiger partial charge in [0.15, 0.2) is 0 Å². The number of aryl methyl sites for hydroxylation is 1. The standard InChI is InChI=1S/C18H28N2O/c1-3-5-14-6-4-7-16(10-8-14)20-17-11-9-15(18(19)21)12-13(17)2/h9,11-12,14,16,20H,3-8,10H2,1-2H3,(H2,19,21). The molecule has 3 heteroatoms. The van der Waals surface area contributed by atoms with E-state index in [0.29, 0.717) is 11.6 Å². The van der Waals surface area contributed by atoms with Crippen molar-refractivity contribution in [2.45, 2.75) is 64.8 Å². The van der Waals surface area contributed by atoms with Crippen LogP contribution < -0.4 is 11.1 Å². The van der Waals surface area contributed by atoms with Crippen LogP contribution in [-0.2, 0) is 0 Å². The third-order valence-electron chi connectivity index (χ3n) is 4.66. The predicted octanol–water partition coefficient (Wildman–Crippen LogP) is 4.25. The van der Waals surface area contributed by atoms with Gasteiger partial charge >= 0.3 is 0 Å². The minimum atomic E-state index is -0.360. The van der Waals surface area contributed by atoms with E-state index in [4.69, 9.17) is 5.73 Å². The van der Waals surface area contributed by atoms with E-state index in [1.807, 2.05) is 25.1 Å². The van der Waals surface area contributed by atoms with Crippen molar-refractivity contribution in [3.05, 3.63) is 29.3 Å². The van der Waals surface area contributed by atoms with Gasteiger partial charge in [-0.3, -0.25) is 4.79 Å². The third kappa shape index (κ3) is 4.48. The molecule has 0 radical (unpaired) electrons. The number of anilines is 1. The van der Waals surface area contributed by atoms with E-state index in [0.717, 1.165) is 17.2 Å². The molecule has 0 spiro atoms. The number of carbonyl (C=O) groups excluding carboxylic acids is 1. The number of benzene rings is 1. The Bertz CT molecular complexity index is 484. The number of hydrogen-bond acceptors (Lipinski definition) is 2. The number of rotatable bonds is 5. The van der Waals surface area contributed by atoms with Crippen LogP contribution in [0.4, 0.5) is 5.69 Å². The molecule has 1 aromatic carbocycles. The maximum atomic E-state index is 11.2. The molecular weight excluding hydrogens is 260 g/mol. The van der Waals surface area contributed by atoms with Crippen LogP contribution in [0.5, 0.6) is 0 Å². The molecule has 1 aliphatic rings. The first-order valence-electron chi connectivity index (χ1n) is 8.27. The second kappa shape index (κ2) is 7.48. The summed E-state index contributed by atoms with van der Waals surface area (Å²) in [7, 11) is 0. The molecular formula is C18H28N2O. The molecule has 1 aliphatic carbocycles. The van der Waals surface area contributed by atoms with Gasteiger partial charge in [0.25, 0.3) is 0 Å². The first-order valence-corrected chi connectivity index (χ1v) is 8.27. The van der Waals surface area contributed by atoms with E-state index in [2.05, 4.69) is 12.2 Å². The van der Waals surface area contributed by atoms with E-state index < -0.39 is 0 Å². The minimum Gasteiger partial charge on any atom is -0.382 e. The molecule has 2 atom stereocenters. The van der Waals surface area contributed by atoms with Gasteiger partial charge in [-0.2, -0.15) is 0 Å². The average molecular weight is 288 g/mol. The van der Waals surface area contributed by atoms with Gasteiger partial charge in [0.1, 0.15) is 0 Å². The quantitative estimate of drug-likeness (QED) is 0.796. The van der Waals surface area contributed by atoms with Gasteiger partial charge in [-0.05, 0) is 55.9 Å². The molecule has 21 heavy (non-hydrogen) atoms. The van der Waals surface area contributed by atoms with Gasteiger partial charge in [0.05, 0.1) is 0 Å². The molecule has 3 nitrogen and oxygen atoms in total. The van der Waals surface area contributed by atoms with Gasteiger partial charge in [-0.15, -0.1) is 0 Å². The Kier molecular flexibility index (Phi) is 5.66. The first kappa shape index (κ1) is 15.9. The summed E-state index contributed by atoms with van der Waals surface area (Å²) < 4.78 is 0. The van der Waals surface area contributed by atoms with Gasteiger partial charge in [0.2, 0.25) is 5.91 Å². The lowest BCUT2D eigenvalue weighted by Gasteiger charge is -2.20. The number of hydrogen-bond donors (Lipinski definition) is 2. The smallest absolute Gasteiger partial charge is 0.248 e. The monoisotopic (exact) mass is 288 g/mol. The largest absolute Gasteiger partial charge is 0.382 e. The molecule has 2 unspecified atom stereocenters. The topological polar surface area (TPSA) is 55.1 Å². The number of nitrogens with two attached hydrogens (primary N) is 1. The van der Waals surface area contributed by atoms with Crippen LogP contribution in [0.25, 0.3) is 0 Å². The van der Waals surface area contributed by atoms with Crippen LogP contribution in [0.1, 0.15) is 67.8 Å². The van der Waals surface area contributed by atoms with Crippen molar-refractivity contribution in [2.75, 3.05) is 5.32 Å². The molecule has 0 aromatic heterocycles. The van der Waals surface area contributed by atoms with Crippen LogP contribution in [0.15, 0.2) is 18.2 Å². The van der Waals surface area contributed by atoms with E-state index in [1.54, 1.807) is 0 Å². The van der Waals surface area contributed by atoms with Crippen LogP contribution >= 0.6 is 0 Å². The Balaban J connectivity index is 1.97. The van der Waals surface area contributed by atoms with Crippen molar-refractivity contribution in [3.63, 3.8) is 0 Å². The lowest BCUT2D eigenvalue weighted by atomic mass is 9.95. The SMILES string of the molecule is CCCC1CCCC(Nc2ccc(C(N)=O)cc2C)CC1. The van der Waals surface area contributed by atoms with Gasteiger partial charge in [-0.1, -0.05) is 32.6 Å². The zero-order valence-corrected chi connectivity index (χ0v) is 13.3. The highest BCUT2D eigenvalue weighted by molar-refractivity contribution is 5.93. The Hall–Kier alpha value is -1.51. The zero-order chi connectivity index (χ0) is 15.2. The minimum absolute atomic E-state index is 0.360. The molecule has 1 saturated carbocycles. The second-order valence-corrected chi connectivity index (χ2v) is 6.40. The summed E-state index contributed by atoms with van der Waals surface area (Å²) in [5, 5.41) is 3.67. The van der Waals surface area contributed by atoms with E-state index >= 15 is 0 Å². The highest BCUT2D eigenvalue weighted by atomic mass is 16.1. The average Bonchev–Trinajstić information content (AvgIpc) is 2.67. The number of nitrogens with one attached hydrogen (secondary N) is 1. The van der Waals surface area contributed by atoms with Crippen LogP contribution in [-0.4, -0.2) is 11.9 Å². The summed E-state index contributed by atoms with van der Waals surface area (Å²) in [4.78, 5) is 11.2. The lowest BCUT2D eigenvalue weighted by molar-refractivity contribution is 0.1000. The van der Waals surface area contributed by atoms with Crippen molar-refractivity contribution in [3.8, 4) is 0 Å². The van der Waals surface area contributed by atoms with Crippen molar-refractivity contribution in [2.24, 2.45) is 11.7 Å². The third-order valence-corrected chi connectivity index (χ3v) is 4.66. The Labute approximate surface area is 128 Å². The molecule has 1 aromatic rings. The van der Waals surface area contributed by atoms with Gasteiger partial charge in [0, 0.05) is 17.3 Å². The van der Waals surface area contributed by atoms with Gasteiger partial charge in [-0.25, -0.2) is 0 Å². The predicted molar refractivity (Wildman–Crippen MR) is 88.6 cm³/mol. The molecule has 1 amide bonds. The number of primary amides is 1. The molecule has 116 valence electrons. The van der Waals surface area contributed by atoms with Crippen molar-refractivity contribution in [1.29, 1.82) is 0 Å². The molecule has 0 bridgehead atoms.